The summed E-state index contributed by atoms with van der Waals surface area (Å²) in [5.41, 5.74) is 0.0103. The average Bonchev–Trinajstić information content (AvgIpc) is 2.42. The van der Waals surface area contributed by atoms with E-state index in [1.54, 1.807) is 6.92 Å². The molecule has 1 aromatic rings. The van der Waals surface area contributed by atoms with E-state index >= 15 is 0 Å². The molecule has 0 aromatic carbocycles. The van der Waals surface area contributed by atoms with Gasteiger partial charge in [0.15, 0.2) is 0 Å². The van der Waals surface area contributed by atoms with Crippen LogP contribution in [0.4, 0.5) is 0 Å². The molecule has 1 rings (SSSR count). The first-order valence-corrected chi connectivity index (χ1v) is 6.30. The molecule has 6 nitrogen and oxygen atoms in total. The predicted octanol–water partition coefficient (Wildman–Crippen LogP) is -0.0657. The summed E-state index contributed by atoms with van der Waals surface area (Å²) in [6.07, 6.45) is 2.33. The number of carboxylic acids is 1. The maximum atomic E-state index is 10.9. The van der Waals surface area contributed by atoms with Crippen LogP contribution in [-0.2, 0) is 16.4 Å². The highest BCUT2D eigenvalue weighted by Crippen LogP contribution is 2.05. The van der Waals surface area contributed by atoms with Crippen molar-refractivity contribution in [3.8, 4) is 0 Å². The Morgan fingerprint density at radius 1 is 1.60 bits per heavy atom. The Morgan fingerprint density at radius 2 is 2.20 bits per heavy atom. The molecule has 0 saturated carbocycles. The molecule has 84 valence electrons. The number of rotatable bonds is 4. The number of sulfone groups is 1. The van der Waals surface area contributed by atoms with Crippen molar-refractivity contribution >= 4 is 15.8 Å². The van der Waals surface area contributed by atoms with Gasteiger partial charge in [-0.2, -0.15) is 0 Å². The second kappa shape index (κ2) is 4.01. The molecule has 0 aliphatic carbocycles. The van der Waals surface area contributed by atoms with Crippen LogP contribution in [0.3, 0.4) is 0 Å². The second-order valence-corrected chi connectivity index (χ2v) is 5.54. The van der Waals surface area contributed by atoms with E-state index in [2.05, 4.69) is 4.98 Å². The van der Waals surface area contributed by atoms with Crippen molar-refractivity contribution in [3.63, 3.8) is 0 Å². The van der Waals surface area contributed by atoms with Crippen LogP contribution in [0.25, 0.3) is 0 Å². The van der Waals surface area contributed by atoms with Crippen molar-refractivity contribution in [2.75, 3.05) is 12.0 Å². The minimum atomic E-state index is -3.10. The standard InChI is InChI=1S/C8H12N2O4S/c1-6-9-5-7(8(11)12)10(6)3-4-15(2,13)14/h5H,3-4H2,1-2H3,(H,11,12). The molecule has 7 heteroatoms. The van der Waals surface area contributed by atoms with E-state index in [9.17, 15) is 13.2 Å². The number of aromatic carboxylic acids is 1. The van der Waals surface area contributed by atoms with Gasteiger partial charge in [-0.05, 0) is 6.92 Å². The van der Waals surface area contributed by atoms with Gasteiger partial charge in [0.05, 0.1) is 11.9 Å². The number of nitrogens with zero attached hydrogens (tertiary/aromatic N) is 2. The minimum absolute atomic E-state index is 0.0103. The largest absolute Gasteiger partial charge is 0.477 e. The van der Waals surface area contributed by atoms with Crippen molar-refractivity contribution in [3.05, 3.63) is 17.7 Å². The van der Waals surface area contributed by atoms with Crippen molar-refractivity contribution in [1.82, 2.24) is 9.55 Å². The molecule has 0 unspecified atom stereocenters. The maximum absolute atomic E-state index is 10.9. The highest BCUT2D eigenvalue weighted by molar-refractivity contribution is 7.90. The second-order valence-electron chi connectivity index (χ2n) is 3.28. The van der Waals surface area contributed by atoms with E-state index in [0.717, 1.165) is 6.26 Å². The van der Waals surface area contributed by atoms with Gasteiger partial charge in [-0.1, -0.05) is 0 Å². The van der Waals surface area contributed by atoms with Crippen LogP contribution in [0.15, 0.2) is 6.20 Å². The number of carboxylic acid groups (broad SMARTS) is 1. The van der Waals surface area contributed by atoms with Crippen LogP contribution in [0.1, 0.15) is 16.3 Å². The van der Waals surface area contributed by atoms with Gasteiger partial charge < -0.3 is 9.67 Å². The number of hydrogen-bond acceptors (Lipinski definition) is 4. The summed E-state index contributed by atoms with van der Waals surface area (Å²) in [6.45, 7) is 1.75. The van der Waals surface area contributed by atoms with Crippen LogP contribution in [0, 0.1) is 6.92 Å². The molecule has 0 atom stereocenters. The lowest BCUT2D eigenvalue weighted by atomic mass is 10.4. The van der Waals surface area contributed by atoms with E-state index in [1.807, 2.05) is 0 Å². The fourth-order valence-electron chi connectivity index (χ4n) is 1.18. The zero-order chi connectivity index (χ0) is 11.6. The Balaban J connectivity index is 2.93. The molecule has 0 amide bonds. The summed E-state index contributed by atoms with van der Waals surface area (Å²) in [6, 6.07) is 0. The van der Waals surface area contributed by atoms with Crippen molar-refractivity contribution < 1.29 is 18.3 Å². The lowest BCUT2D eigenvalue weighted by Gasteiger charge is -2.06. The first-order valence-electron chi connectivity index (χ1n) is 4.24. The van der Waals surface area contributed by atoms with E-state index in [1.165, 1.54) is 10.8 Å². The molecule has 1 heterocycles. The van der Waals surface area contributed by atoms with Crippen LogP contribution >= 0.6 is 0 Å². The van der Waals surface area contributed by atoms with Gasteiger partial charge in [-0.25, -0.2) is 18.2 Å². The molecule has 0 saturated heterocycles. The quantitative estimate of drug-likeness (QED) is 0.785. The highest BCUT2D eigenvalue weighted by Gasteiger charge is 2.14. The Kier molecular flexibility index (Phi) is 3.13. The zero-order valence-electron chi connectivity index (χ0n) is 8.47. The van der Waals surface area contributed by atoms with E-state index in [4.69, 9.17) is 5.11 Å². The molecule has 1 aromatic heterocycles. The monoisotopic (exact) mass is 232 g/mol. The Morgan fingerprint density at radius 3 is 2.67 bits per heavy atom. The van der Waals surface area contributed by atoms with Crippen LogP contribution in [0.2, 0.25) is 0 Å². The Hall–Kier alpha value is -1.37. The maximum Gasteiger partial charge on any atom is 0.354 e. The smallest absolute Gasteiger partial charge is 0.354 e. The van der Waals surface area contributed by atoms with Gasteiger partial charge in [0.1, 0.15) is 21.4 Å². The highest BCUT2D eigenvalue weighted by atomic mass is 32.2. The van der Waals surface area contributed by atoms with E-state index in [0.29, 0.717) is 5.82 Å². The van der Waals surface area contributed by atoms with Gasteiger partial charge >= 0.3 is 5.97 Å². The van der Waals surface area contributed by atoms with Crippen molar-refractivity contribution in [1.29, 1.82) is 0 Å². The third-order valence-electron chi connectivity index (χ3n) is 1.96. The molecule has 0 aliphatic rings. The van der Waals surface area contributed by atoms with Gasteiger partial charge in [-0.15, -0.1) is 0 Å². The van der Waals surface area contributed by atoms with Gasteiger partial charge in [0.2, 0.25) is 0 Å². The molecule has 0 radical (unpaired) electrons. The third-order valence-corrected chi connectivity index (χ3v) is 2.88. The van der Waals surface area contributed by atoms with Crippen LogP contribution in [0.5, 0.6) is 0 Å². The SMILES string of the molecule is Cc1ncc(C(=O)O)n1CCS(C)(=O)=O. The predicted molar refractivity (Wildman–Crippen MR) is 53.6 cm³/mol. The van der Waals surface area contributed by atoms with Gasteiger partial charge in [0.25, 0.3) is 0 Å². The van der Waals surface area contributed by atoms with E-state index < -0.39 is 15.8 Å². The topological polar surface area (TPSA) is 89.3 Å². The normalized spacial score (nSPS) is 11.6. The molecule has 15 heavy (non-hydrogen) atoms. The number of imidazole rings is 1. The molecule has 0 spiro atoms. The molecule has 0 bridgehead atoms. The summed E-state index contributed by atoms with van der Waals surface area (Å²) in [7, 11) is -3.10. The minimum Gasteiger partial charge on any atom is -0.477 e. The number of carbonyl (C=O) groups is 1. The molecule has 0 fully saturated rings. The zero-order valence-corrected chi connectivity index (χ0v) is 9.28. The summed E-state index contributed by atoms with van der Waals surface area (Å²) < 4.78 is 23.3. The third kappa shape index (κ3) is 3.05. The summed E-state index contributed by atoms with van der Waals surface area (Å²) in [4.78, 5) is 14.6. The van der Waals surface area contributed by atoms with Crippen LogP contribution < -0.4 is 0 Å². The Labute approximate surface area is 87.5 Å². The van der Waals surface area contributed by atoms with E-state index in [-0.39, 0.29) is 18.0 Å². The first kappa shape index (κ1) is 11.7. The average molecular weight is 232 g/mol. The lowest BCUT2D eigenvalue weighted by molar-refractivity contribution is 0.0685. The lowest BCUT2D eigenvalue weighted by Crippen LogP contribution is -2.16. The summed E-state index contributed by atoms with van der Waals surface area (Å²) >= 11 is 0. The number of hydrogen-bond donors (Lipinski definition) is 1. The van der Waals surface area contributed by atoms with Crippen molar-refractivity contribution in [2.45, 2.75) is 13.5 Å². The first-order chi connectivity index (χ1) is 6.81. The fraction of sp³-hybridized carbons (Fsp3) is 0.500. The fourth-order valence-corrected chi connectivity index (χ4v) is 1.69. The molecule has 1 N–H and O–H groups in total. The van der Waals surface area contributed by atoms with Crippen LogP contribution in [-0.4, -0.2) is 41.1 Å². The summed E-state index contributed by atoms with van der Waals surface area (Å²) in [5, 5.41) is 8.80. The Bertz CT molecular complexity index is 475. The molecular weight excluding hydrogens is 220 g/mol. The van der Waals surface area contributed by atoms with Gasteiger partial charge in [0, 0.05) is 12.8 Å². The number of aryl methyl sites for hydroxylation is 1. The summed E-state index contributed by atoms with van der Waals surface area (Å²) in [5.74, 6) is -0.704. The molecule has 0 aliphatic heterocycles. The number of aromatic nitrogens is 2. The molecular formula is C8H12N2O4S. The van der Waals surface area contributed by atoms with Gasteiger partial charge in [-0.3, -0.25) is 0 Å². The van der Waals surface area contributed by atoms with Crippen molar-refractivity contribution in [2.24, 2.45) is 0 Å².